The minimum Gasteiger partial charge on any atom is -0.330 e. The van der Waals surface area contributed by atoms with Crippen molar-refractivity contribution in [2.24, 2.45) is 11.7 Å². The zero-order valence-corrected chi connectivity index (χ0v) is 12.4. The highest BCUT2D eigenvalue weighted by molar-refractivity contribution is 7.98. The predicted octanol–water partition coefficient (Wildman–Crippen LogP) is 4.21. The van der Waals surface area contributed by atoms with E-state index in [4.69, 9.17) is 5.73 Å². The lowest BCUT2D eigenvalue weighted by molar-refractivity contribution is 0.191. The van der Waals surface area contributed by atoms with Gasteiger partial charge in [-0.05, 0) is 67.5 Å². The first-order valence-electron chi connectivity index (χ1n) is 7.05. The highest BCUT2D eigenvalue weighted by atomic mass is 32.2. The van der Waals surface area contributed by atoms with Gasteiger partial charge in [0.25, 0.3) is 0 Å². The quantitative estimate of drug-likeness (QED) is 0.778. The zero-order chi connectivity index (χ0) is 13.0. The summed E-state index contributed by atoms with van der Waals surface area (Å²) < 4.78 is 0. The second kappa shape index (κ2) is 6.12. The Morgan fingerprint density at radius 1 is 1.28 bits per heavy atom. The molecule has 2 heteroatoms. The molecule has 0 aromatic heterocycles. The number of benzene rings is 1. The van der Waals surface area contributed by atoms with E-state index in [0.29, 0.717) is 5.41 Å². The van der Waals surface area contributed by atoms with Gasteiger partial charge in [-0.2, -0.15) is 0 Å². The van der Waals surface area contributed by atoms with Crippen LogP contribution in [0.25, 0.3) is 0 Å². The Morgan fingerprint density at radius 2 is 1.94 bits per heavy atom. The lowest BCUT2D eigenvalue weighted by Crippen LogP contribution is -2.36. The van der Waals surface area contributed by atoms with Crippen LogP contribution in [0.3, 0.4) is 0 Å². The number of thioether (sulfide) groups is 1. The predicted molar refractivity (Wildman–Crippen MR) is 81.2 cm³/mol. The van der Waals surface area contributed by atoms with Gasteiger partial charge in [0.05, 0.1) is 0 Å². The molecule has 0 amide bonds. The third-order valence-electron chi connectivity index (χ3n) is 4.41. The molecule has 1 unspecified atom stereocenters. The SMILES string of the molecule is CSc1ccc(C2(CC(C)CCN)CCC2)cc1. The first-order chi connectivity index (χ1) is 8.70. The van der Waals surface area contributed by atoms with Gasteiger partial charge in [-0.3, -0.25) is 0 Å². The number of hydrogen-bond donors (Lipinski definition) is 1. The molecule has 1 aromatic carbocycles. The summed E-state index contributed by atoms with van der Waals surface area (Å²) in [6.07, 6.45) is 8.71. The summed E-state index contributed by atoms with van der Waals surface area (Å²) in [5.74, 6) is 0.746. The molecule has 1 nitrogen and oxygen atoms in total. The molecular weight excluding hydrogens is 238 g/mol. The maximum atomic E-state index is 5.68. The van der Waals surface area contributed by atoms with Crippen molar-refractivity contribution >= 4 is 11.8 Å². The third kappa shape index (κ3) is 2.92. The van der Waals surface area contributed by atoms with Gasteiger partial charge in [0.1, 0.15) is 0 Å². The molecule has 2 N–H and O–H groups in total. The van der Waals surface area contributed by atoms with Crippen molar-refractivity contribution in [1.82, 2.24) is 0 Å². The molecule has 0 heterocycles. The fourth-order valence-corrected chi connectivity index (χ4v) is 3.62. The second-order valence-corrected chi connectivity index (χ2v) is 6.63. The normalized spacial score (nSPS) is 19.3. The van der Waals surface area contributed by atoms with Crippen LogP contribution in [0.15, 0.2) is 29.2 Å². The Hall–Kier alpha value is -0.470. The smallest absolute Gasteiger partial charge is 0.00693 e. The first-order valence-corrected chi connectivity index (χ1v) is 8.27. The third-order valence-corrected chi connectivity index (χ3v) is 5.16. The number of rotatable bonds is 6. The molecular formula is C16H25NS. The van der Waals surface area contributed by atoms with Crippen LogP contribution in [0.2, 0.25) is 0 Å². The van der Waals surface area contributed by atoms with Crippen molar-refractivity contribution in [3.05, 3.63) is 29.8 Å². The van der Waals surface area contributed by atoms with Gasteiger partial charge in [-0.25, -0.2) is 0 Å². The monoisotopic (exact) mass is 263 g/mol. The molecule has 0 aliphatic heterocycles. The fraction of sp³-hybridized carbons (Fsp3) is 0.625. The molecule has 1 aliphatic rings. The molecule has 1 aliphatic carbocycles. The average molecular weight is 263 g/mol. The van der Waals surface area contributed by atoms with Crippen LogP contribution >= 0.6 is 11.8 Å². The standard InChI is InChI=1S/C16H25NS/c1-13(8-11-17)12-16(9-3-10-16)14-4-6-15(18-2)7-5-14/h4-7,13H,3,8-12,17H2,1-2H3. The van der Waals surface area contributed by atoms with Crippen LogP contribution in [0.5, 0.6) is 0 Å². The van der Waals surface area contributed by atoms with E-state index in [0.717, 1.165) is 18.9 Å². The van der Waals surface area contributed by atoms with E-state index in [1.54, 1.807) is 5.56 Å². The summed E-state index contributed by atoms with van der Waals surface area (Å²) in [6, 6.07) is 9.24. The van der Waals surface area contributed by atoms with Crippen molar-refractivity contribution < 1.29 is 0 Å². The van der Waals surface area contributed by atoms with E-state index in [2.05, 4.69) is 37.4 Å². The van der Waals surface area contributed by atoms with E-state index in [-0.39, 0.29) is 0 Å². The van der Waals surface area contributed by atoms with Crippen molar-refractivity contribution in [3.63, 3.8) is 0 Å². The lowest BCUT2D eigenvalue weighted by atomic mass is 9.60. The summed E-state index contributed by atoms with van der Waals surface area (Å²) in [6.45, 7) is 3.17. The van der Waals surface area contributed by atoms with Crippen molar-refractivity contribution in [3.8, 4) is 0 Å². The van der Waals surface area contributed by atoms with Crippen molar-refractivity contribution in [1.29, 1.82) is 0 Å². The highest BCUT2D eigenvalue weighted by Crippen LogP contribution is 2.48. The molecule has 18 heavy (non-hydrogen) atoms. The van der Waals surface area contributed by atoms with E-state index in [9.17, 15) is 0 Å². The van der Waals surface area contributed by atoms with E-state index in [1.807, 2.05) is 11.8 Å². The summed E-state index contributed by atoms with van der Waals surface area (Å²) in [4.78, 5) is 1.36. The van der Waals surface area contributed by atoms with Crippen molar-refractivity contribution in [2.75, 3.05) is 12.8 Å². The van der Waals surface area contributed by atoms with Gasteiger partial charge in [0, 0.05) is 4.90 Å². The molecule has 0 radical (unpaired) electrons. The molecule has 1 atom stereocenters. The van der Waals surface area contributed by atoms with Gasteiger partial charge in [0.2, 0.25) is 0 Å². The van der Waals surface area contributed by atoms with Gasteiger partial charge in [-0.1, -0.05) is 25.5 Å². The Balaban J connectivity index is 2.10. The summed E-state index contributed by atoms with van der Waals surface area (Å²) >= 11 is 1.82. The van der Waals surface area contributed by atoms with Crippen molar-refractivity contribution in [2.45, 2.75) is 49.3 Å². The van der Waals surface area contributed by atoms with Gasteiger partial charge in [-0.15, -0.1) is 11.8 Å². The van der Waals surface area contributed by atoms with E-state index in [1.165, 1.54) is 30.6 Å². The Labute approximate surface area is 116 Å². The largest absolute Gasteiger partial charge is 0.330 e. The molecule has 100 valence electrons. The van der Waals surface area contributed by atoms with Gasteiger partial charge >= 0.3 is 0 Å². The summed E-state index contributed by atoms with van der Waals surface area (Å²) in [5, 5.41) is 0. The molecule has 0 spiro atoms. The zero-order valence-electron chi connectivity index (χ0n) is 11.6. The average Bonchev–Trinajstić information content (AvgIpc) is 2.34. The Bertz CT molecular complexity index is 367. The van der Waals surface area contributed by atoms with Crippen LogP contribution in [-0.4, -0.2) is 12.8 Å². The van der Waals surface area contributed by atoms with E-state index >= 15 is 0 Å². The second-order valence-electron chi connectivity index (χ2n) is 5.75. The number of nitrogens with two attached hydrogens (primary N) is 1. The molecule has 0 bridgehead atoms. The highest BCUT2D eigenvalue weighted by Gasteiger charge is 2.39. The van der Waals surface area contributed by atoms with Crippen LogP contribution < -0.4 is 5.73 Å². The van der Waals surface area contributed by atoms with Crippen LogP contribution in [-0.2, 0) is 5.41 Å². The van der Waals surface area contributed by atoms with Gasteiger partial charge < -0.3 is 5.73 Å². The molecule has 1 saturated carbocycles. The first kappa shape index (κ1) is 14.0. The molecule has 1 aromatic rings. The topological polar surface area (TPSA) is 26.0 Å². The summed E-state index contributed by atoms with van der Waals surface area (Å²) in [7, 11) is 0. The lowest BCUT2D eigenvalue weighted by Gasteiger charge is -2.44. The maximum absolute atomic E-state index is 5.68. The van der Waals surface area contributed by atoms with Crippen LogP contribution in [0.1, 0.15) is 44.6 Å². The van der Waals surface area contributed by atoms with Crippen LogP contribution in [0, 0.1) is 5.92 Å². The maximum Gasteiger partial charge on any atom is 0.00693 e. The van der Waals surface area contributed by atoms with Crippen LogP contribution in [0.4, 0.5) is 0 Å². The van der Waals surface area contributed by atoms with E-state index < -0.39 is 0 Å². The number of hydrogen-bond acceptors (Lipinski definition) is 2. The molecule has 0 saturated heterocycles. The minimum absolute atomic E-state index is 0.464. The van der Waals surface area contributed by atoms with Gasteiger partial charge in [0.15, 0.2) is 0 Å². The molecule has 2 rings (SSSR count). The minimum atomic E-state index is 0.464. The summed E-state index contributed by atoms with van der Waals surface area (Å²) in [5.41, 5.74) is 7.70. The fourth-order valence-electron chi connectivity index (χ4n) is 3.21. The molecule has 1 fully saturated rings. The Morgan fingerprint density at radius 3 is 2.39 bits per heavy atom. The Kier molecular flexibility index (Phi) is 4.74.